The molecular formula is C21H27F3N2O4. The van der Waals surface area contributed by atoms with Crippen LogP contribution in [0.2, 0.25) is 0 Å². The summed E-state index contributed by atoms with van der Waals surface area (Å²) in [6, 6.07) is 6.16. The number of carbonyl (C=O) groups is 2. The number of carboxylic acid groups (broad SMARTS) is 2. The third-order valence-corrected chi connectivity index (χ3v) is 4.36. The standard InChI is InChI=1S/C17H23F3N2.C4H4O4/c1-13(2)11-22(15-7-9-21-10-8-15)12-14-5-3-4-6-16(14)17(18,19)20;5-3(6)1-2-4(7)8/h3-6,15,21H,1,7-12H2,2H3;1-2H,(H,5,6)(H,7,8). The quantitative estimate of drug-likeness (QED) is 0.455. The maximum Gasteiger partial charge on any atom is 0.416 e. The molecule has 0 atom stereocenters. The highest BCUT2D eigenvalue weighted by Crippen LogP contribution is 2.33. The van der Waals surface area contributed by atoms with Gasteiger partial charge in [-0.15, -0.1) is 0 Å². The highest BCUT2D eigenvalue weighted by molar-refractivity contribution is 5.89. The van der Waals surface area contributed by atoms with Crippen LogP contribution >= 0.6 is 0 Å². The van der Waals surface area contributed by atoms with Gasteiger partial charge < -0.3 is 15.5 Å². The lowest BCUT2D eigenvalue weighted by Crippen LogP contribution is -2.43. The summed E-state index contributed by atoms with van der Waals surface area (Å²) >= 11 is 0. The normalized spacial score (nSPS) is 15.0. The van der Waals surface area contributed by atoms with E-state index >= 15 is 0 Å². The molecule has 0 radical (unpaired) electrons. The van der Waals surface area contributed by atoms with Crippen LogP contribution in [0.3, 0.4) is 0 Å². The lowest BCUT2D eigenvalue weighted by Gasteiger charge is -2.35. The number of rotatable bonds is 7. The number of carboxylic acids is 2. The number of benzene rings is 1. The van der Waals surface area contributed by atoms with E-state index in [1.54, 1.807) is 12.1 Å². The average Bonchev–Trinajstić information content (AvgIpc) is 2.66. The number of nitrogens with zero attached hydrogens (tertiary/aromatic N) is 1. The molecule has 1 saturated heterocycles. The van der Waals surface area contributed by atoms with Gasteiger partial charge in [0.15, 0.2) is 0 Å². The van der Waals surface area contributed by atoms with Crippen LogP contribution in [0.5, 0.6) is 0 Å². The molecule has 1 aromatic rings. The average molecular weight is 428 g/mol. The second-order valence-corrected chi connectivity index (χ2v) is 7.01. The number of aliphatic carboxylic acids is 2. The molecular weight excluding hydrogens is 401 g/mol. The van der Waals surface area contributed by atoms with Crippen LogP contribution in [0.25, 0.3) is 0 Å². The molecule has 6 nitrogen and oxygen atoms in total. The van der Waals surface area contributed by atoms with Crippen LogP contribution in [0.15, 0.2) is 48.6 Å². The van der Waals surface area contributed by atoms with Crippen molar-refractivity contribution in [3.63, 3.8) is 0 Å². The number of hydrogen-bond donors (Lipinski definition) is 3. The zero-order valence-electron chi connectivity index (χ0n) is 16.8. The maximum atomic E-state index is 13.2. The van der Waals surface area contributed by atoms with Crippen molar-refractivity contribution < 1.29 is 33.0 Å². The third kappa shape index (κ3) is 9.71. The molecule has 2 rings (SSSR count). The van der Waals surface area contributed by atoms with Crippen LogP contribution in [-0.4, -0.2) is 52.7 Å². The Morgan fingerprint density at radius 1 is 1.17 bits per heavy atom. The van der Waals surface area contributed by atoms with Crippen molar-refractivity contribution >= 4 is 11.9 Å². The molecule has 1 aromatic carbocycles. The van der Waals surface area contributed by atoms with Crippen molar-refractivity contribution in [2.45, 2.75) is 38.5 Å². The summed E-state index contributed by atoms with van der Waals surface area (Å²) in [7, 11) is 0. The number of nitrogens with one attached hydrogen (secondary N) is 1. The molecule has 1 fully saturated rings. The number of alkyl halides is 3. The van der Waals surface area contributed by atoms with E-state index < -0.39 is 23.7 Å². The Kier molecular flexibility index (Phi) is 10.3. The highest BCUT2D eigenvalue weighted by Gasteiger charge is 2.33. The van der Waals surface area contributed by atoms with Gasteiger partial charge in [-0.25, -0.2) is 9.59 Å². The molecule has 0 amide bonds. The fraction of sp³-hybridized carbons (Fsp3) is 0.429. The monoisotopic (exact) mass is 428 g/mol. The molecule has 0 unspecified atom stereocenters. The number of halogens is 3. The van der Waals surface area contributed by atoms with Gasteiger partial charge in [-0.05, 0) is 44.5 Å². The largest absolute Gasteiger partial charge is 0.478 e. The molecule has 166 valence electrons. The van der Waals surface area contributed by atoms with Gasteiger partial charge in [-0.1, -0.05) is 30.4 Å². The fourth-order valence-electron chi connectivity index (χ4n) is 3.13. The van der Waals surface area contributed by atoms with Crippen LogP contribution in [0, 0.1) is 0 Å². The molecule has 0 aliphatic carbocycles. The van der Waals surface area contributed by atoms with Gasteiger partial charge in [0.05, 0.1) is 5.56 Å². The Balaban J connectivity index is 0.000000479. The van der Waals surface area contributed by atoms with Crippen molar-refractivity contribution in [2.24, 2.45) is 0 Å². The van der Waals surface area contributed by atoms with Gasteiger partial charge in [0.25, 0.3) is 0 Å². The van der Waals surface area contributed by atoms with E-state index in [1.165, 1.54) is 6.07 Å². The van der Waals surface area contributed by atoms with Crippen molar-refractivity contribution in [3.8, 4) is 0 Å². The molecule has 1 aliphatic heterocycles. The predicted octanol–water partition coefficient (Wildman–Crippen LogP) is 3.55. The van der Waals surface area contributed by atoms with Crippen molar-refractivity contribution in [3.05, 3.63) is 59.7 Å². The Hall–Kier alpha value is -2.65. The van der Waals surface area contributed by atoms with E-state index in [2.05, 4.69) is 16.8 Å². The summed E-state index contributed by atoms with van der Waals surface area (Å²) in [4.78, 5) is 21.2. The Bertz CT molecular complexity index is 741. The zero-order valence-corrected chi connectivity index (χ0v) is 16.8. The van der Waals surface area contributed by atoms with Gasteiger partial charge in [0.1, 0.15) is 0 Å². The molecule has 0 spiro atoms. The zero-order chi connectivity index (χ0) is 22.7. The Morgan fingerprint density at radius 3 is 2.17 bits per heavy atom. The fourth-order valence-corrected chi connectivity index (χ4v) is 3.13. The summed E-state index contributed by atoms with van der Waals surface area (Å²) in [5, 5.41) is 18.9. The first-order valence-electron chi connectivity index (χ1n) is 9.39. The van der Waals surface area contributed by atoms with Gasteiger partial charge in [-0.3, -0.25) is 4.90 Å². The van der Waals surface area contributed by atoms with Crippen LogP contribution < -0.4 is 5.32 Å². The lowest BCUT2D eigenvalue weighted by atomic mass is 10.0. The minimum atomic E-state index is -4.31. The van der Waals surface area contributed by atoms with E-state index in [4.69, 9.17) is 10.2 Å². The van der Waals surface area contributed by atoms with E-state index in [1.807, 2.05) is 6.92 Å². The first kappa shape index (κ1) is 25.4. The highest BCUT2D eigenvalue weighted by atomic mass is 19.4. The minimum Gasteiger partial charge on any atom is -0.478 e. The van der Waals surface area contributed by atoms with Crippen LogP contribution in [0.1, 0.15) is 30.9 Å². The first-order chi connectivity index (χ1) is 14.0. The van der Waals surface area contributed by atoms with E-state index in [-0.39, 0.29) is 0 Å². The molecule has 0 aromatic heterocycles. The van der Waals surface area contributed by atoms with Crippen molar-refractivity contribution in [1.29, 1.82) is 0 Å². The summed E-state index contributed by atoms with van der Waals surface area (Å²) in [5.41, 5.74) is 0.786. The lowest BCUT2D eigenvalue weighted by molar-refractivity contribution is -0.138. The van der Waals surface area contributed by atoms with Gasteiger partial charge >= 0.3 is 18.1 Å². The Labute approximate surface area is 173 Å². The van der Waals surface area contributed by atoms with Crippen LogP contribution in [-0.2, 0) is 22.3 Å². The van der Waals surface area contributed by atoms with E-state index in [0.717, 1.165) is 37.6 Å². The first-order valence-corrected chi connectivity index (χ1v) is 9.39. The SMILES string of the molecule is C=C(C)CN(Cc1ccccc1C(F)(F)F)C1CCNCC1.O=C(O)C=CC(=O)O. The smallest absolute Gasteiger partial charge is 0.416 e. The molecule has 30 heavy (non-hydrogen) atoms. The molecule has 1 aliphatic rings. The van der Waals surface area contributed by atoms with Crippen molar-refractivity contribution in [2.75, 3.05) is 19.6 Å². The van der Waals surface area contributed by atoms with Crippen molar-refractivity contribution in [1.82, 2.24) is 10.2 Å². The van der Waals surface area contributed by atoms with Crippen LogP contribution in [0.4, 0.5) is 13.2 Å². The van der Waals surface area contributed by atoms with E-state index in [9.17, 15) is 22.8 Å². The topological polar surface area (TPSA) is 89.9 Å². The second kappa shape index (κ2) is 12.1. The summed E-state index contributed by atoms with van der Waals surface area (Å²) in [5.74, 6) is -2.51. The van der Waals surface area contributed by atoms with Gasteiger partial charge in [0, 0.05) is 31.3 Å². The maximum absolute atomic E-state index is 13.2. The van der Waals surface area contributed by atoms with E-state index in [0.29, 0.717) is 36.8 Å². The minimum absolute atomic E-state index is 0.305. The Morgan fingerprint density at radius 2 is 1.70 bits per heavy atom. The van der Waals surface area contributed by atoms with Gasteiger partial charge in [-0.2, -0.15) is 13.2 Å². The molecule has 3 N–H and O–H groups in total. The predicted molar refractivity (Wildman–Crippen MR) is 107 cm³/mol. The summed E-state index contributed by atoms with van der Waals surface area (Å²) in [6.07, 6.45) is -1.27. The summed E-state index contributed by atoms with van der Waals surface area (Å²) in [6.45, 7) is 8.62. The number of piperidine rings is 1. The number of hydrogen-bond acceptors (Lipinski definition) is 4. The second-order valence-electron chi connectivity index (χ2n) is 7.01. The third-order valence-electron chi connectivity index (χ3n) is 4.36. The summed E-state index contributed by atoms with van der Waals surface area (Å²) < 4.78 is 39.5. The molecule has 1 heterocycles. The molecule has 9 heteroatoms. The van der Waals surface area contributed by atoms with Gasteiger partial charge in [0.2, 0.25) is 0 Å². The molecule has 0 saturated carbocycles. The molecule has 0 bridgehead atoms.